The number of hydrogen-bond acceptors (Lipinski definition) is 4. The molecule has 0 saturated carbocycles. The van der Waals surface area contributed by atoms with Gasteiger partial charge in [-0.2, -0.15) is 9.78 Å². The van der Waals surface area contributed by atoms with Crippen molar-refractivity contribution in [1.29, 1.82) is 0 Å². The van der Waals surface area contributed by atoms with Crippen molar-refractivity contribution >= 4 is 17.1 Å². The maximum absolute atomic E-state index is 11.4. The Labute approximate surface area is 103 Å². The third-order valence-electron chi connectivity index (χ3n) is 2.74. The predicted octanol–water partition coefficient (Wildman–Crippen LogP) is 1.59. The van der Waals surface area contributed by atoms with Crippen LogP contribution in [0.3, 0.4) is 0 Å². The molecular formula is C12H11N5O. The van der Waals surface area contributed by atoms with Crippen LogP contribution in [-0.4, -0.2) is 30.7 Å². The number of aryl methyl sites for hydroxylation is 1. The van der Waals surface area contributed by atoms with Gasteiger partial charge in [-0.05, 0) is 19.1 Å². The lowest BCUT2D eigenvalue weighted by Crippen LogP contribution is -2.07. The molecule has 2 aromatic heterocycles. The zero-order valence-corrected chi connectivity index (χ0v) is 10.0. The topological polar surface area (TPSA) is 65.6 Å². The summed E-state index contributed by atoms with van der Waals surface area (Å²) in [7, 11) is 0. The van der Waals surface area contributed by atoms with Crippen molar-refractivity contribution in [3.05, 3.63) is 36.0 Å². The molecule has 2 heterocycles. The molecule has 0 saturated heterocycles. The van der Waals surface area contributed by atoms with Gasteiger partial charge in [-0.15, -0.1) is 5.10 Å². The minimum absolute atomic E-state index is 0.173. The molecule has 0 amide bonds. The Hall–Kier alpha value is -2.50. The largest absolute Gasteiger partial charge is 0.273 e. The molecule has 0 aliphatic rings. The summed E-state index contributed by atoms with van der Waals surface area (Å²) < 4.78 is 2.97. The van der Waals surface area contributed by atoms with Crippen LogP contribution in [0.5, 0.6) is 0 Å². The van der Waals surface area contributed by atoms with E-state index in [0.717, 1.165) is 11.4 Å². The number of hydrogen-bond donors (Lipinski definition) is 0. The van der Waals surface area contributed by atoms with E-state index in [9.17, 15) is 4.79 Å². The lowest BCUT2D eigenvalue weighted by atomic mass is 10.3. The first-order valence-electron chi connectivity index (χ1n) is 5.56. The van der Waals surface area contributed by atoms with Crippen molar-refractivity contribution in [2.45, 2.75) is 13.8 Å². The Morgan fingerprint density at radius 1 is 1.22 bits per heavy atom. The number of rotatable bonds is 1. The Balaban J connectivity index is 2.31. The van der Waals surface area contributed by atoms with Gasteiger partial charge in [0.2, 0.25) is 11.6 Å². The number of carbonyl (C=O) groups is 1. The molecule has 0 atom stereocenters. The fraction of sp³-hybridized carbons (Fsp3) is 0.167. The maximum atomic E-state index is 11.4. The second-order valence-electron chi connectivity index (χ2n) is 4.03. The fourth-order valence-electron chi connectivity index (χ4n) is 1.95. The molecule has 0 radical (unpaired) electrons. The van der Waals surface area contributed by atoms with E-state index in [1.54, 1.807) is 4.68 Å². The van der Waals surface area contributed by atoms with E-state index < -0.39 is 0 Å². The van der Waals surface area contributed by atoms with Gasteiger partial charge in [0.1, 0.15) is 5.52 Å². The fourth-order valence-corrected chi connectivity index (χ4v) is 1.95. The van der Waals surface area contributed by atoms with Gasteiger partial charge < -0.3 is 0 Å². The van der Waals surface area contributed by atoms with E-state index in [1.807, 2.05) is 37.3 Å². The molecule has 0 fully saturated rings. The van der Waals surface area contributed by atoms with Crippen LogP contribution in [0.4, 0.5) is 0 Å². The van der Waals surface area contributed by atoms with Crippen molar-refractivity contribution < 1.29 is 4.79 Å². The van der Waals surface area contributed by atoms with Gasteiger partial charge >= 0.3 is 0 Å². The van der Waals surface area contributed by atoms with E-state index in [1.165, 1.54) is 11.6 Å². The summed E-state index contributed by atoms with van der Waals surface area (Å²) in [6.45, 7) is 3.29. The third kappa shape index (κ3) is 1.42. The first-order chi connectivity index (χ1) is 8.68. The highest BCUT2D eigenvalue weighted by Crippen LogP contribution is 2.19. The maximum Gasteiger partial charge on any atom is 0.245 e. The number of carbonyl (C=O) groups excluding carboxylic acids is 1. The SMILES string of the molecule is CC(=O)n1nnc2c1c(C)nn2-c1ccccc1. The first kappa shape index (κ1) is 10.6. The van der Waals surface area contributed by atoms with Crippen LogP contribution >= 0.6 is 0 Å². The van der Waals surface area contributed by atoms with Crippen molar-refractivity contribution in [3.63, 3.8) is 0 Å². The smallest absolute Gasteiger partial charge is 0.245 e. The molecule has 0 bridgehead atoms. The van der Waals surface area contributed by atoms with Crippen molar-refractivity contribution in [2.75, 3.05) is 0 Å². The van der Waals surface area contributed by atoms with Gasteiger partial charge in [0.05, 0.1) is 11.4 Å². The first-order valence-corrected chi connectivity index (χ1v) is 5.56. The highest BCUT2D eigenvalue weighted by molar-refractivity contribution is 5.88. The molecule has 0 unspecified atom stereocenters. The molecule has 90 valence electrons. The van der Waals surface area contributed by atoms with E-state index in [2.05, 4.69) is 15.4 Å². The molecule has 0 aliphatic heterocycles. The molecule has 0 aliphatic carbocycles. The zero-order valence-electron chi connectivity index (χ0n) is 10.0. The summed E-state index contributed by atoms with van der Waals surface area (Å²) in [6.07, 6.45) is 0. The number of fused-ring (bicyclic) bond motifs is 1. The molecular weight excluding hydrogens is 230 g/mol. The van der Waals surface area contributed by atoms with E-state index in [4.69, 9.17) is 0 Å². The summed E-state index contributed by atoms with van der Waals surface area (Å²) >= 11 is 0. The molecule has 0 N–H and O–H groups in total. The van der Waals surface area contributed by atoms with Crippen LogP contribution in [-0.2, 0) is 0 Å². The summed E-state index contributed by atoms with van der Waals surface area (Å²) in [6, 6.07) is 9.64. The van der Waals surface area contributed by atoms with Gasteiger partial charge in [0.25, 0.3) is 0 Å². The van der Waals surface area contributed by atoms with Gasteiger partial charge in [0.15, 0.2) is 0 Å². The van der Waals surface area contributed by atoms with Gasteiger partial charge in [0, 0.05) is 6.92 Å². The molecule has 1 aromatic carbocycles. The Bertz CT molecular complexity index is 726. The van der Waals surface area contributed by atoms with Crippen LogP contribution < -0.4 is 0 Å². The van der Waals surface area contributed by atoms with Crippen LogP contribution in [0.1, 0.15) is 17.4 Å². The molecule has 0 spiro atoms. The highest BCUT2D eigenvalue weighted by Gasteiger charge is 2.17. The highest BCUT2D eigenvalue weighted by atomic mass is 16.2. The molecule has 6 heteroatoms. The van der Waals surface area contributed by atoms with Gasteiger partial charge in [-0.3, -0.25) is 4.79 Å². The average molecular weight is 241 g/mol. The monoisotopic (exact) mass is 241 g/mol. The quantitative estimate of drug-likeness (QED) is 0.648. The predicted molar refractivity (Wildman–Crippen MR) is 65.7 cm³/mol. The Morgan fingerprint density at radius 3 is 2.61 bits per heavy atom. The minimum atomic E-state index is -0.173. The summed E-state index contributed by atoms with van der Waals surface area (Å²) in [4.78, 5) is 11.4. The summed E-state index contributed by atoms with van der Waals surface area (Å²) in [5, 5.41) is 12.3. The minimum Gasteiger partial charge on any atom is -0.273 e. The van der Waals surface area contributed by atoms with Crippen LogP contribution in [0.15, 0.2) is 30.3 Å². The second-order valence-corrected chi connectivity index (χ2v) is 4.03. The van der Waals surface area contributed by atoms with Gasteiger partial charge in [-0.25, -0.2) is 4.68 Å². The number of benzene rings is 1. The second kappa shape index (κ2) is 3.76. The number of aromatic nitrogens is 5. The van der Waals surface area contributed by atoms with Crippen LogP contribution in [0.25, 0.3) is 16.9 Å². The Morgan fingerprint density at radius 2 is 1.94 bits per heavy atom. The normalized spacial score (nSPS) is 11.0. The van der Waals surface area contributed by atoms with Crippen molar-refractivity contribution in [3.8, 4) is 5.69 Å². The lowest BCUT2D eigenvalue weighted by molar-refractivity contribution is 0.0924. The van der Waals surface area contributed by atoms with E-state index in [0.29, 0.717) is 11.2 Å². The standard InChI is InChI=1S/C12H11N5O/c1-8-11-12(13-15-16(11)9(2)18)17(14-8)10-6-4-3-5-7-10/h3-7H,1-2H3. The summed E-state index contributed by atoms with van der Waals surface area (Å²) in [5.74, 6) is -0.173. The molecule has 3 rings (SSSR count). The van der Waals surface area contributed by atoms with E-state index >= 15 is 0 Å². The average Bonchev–Trinajstić information content (AvgIpc) is 2.92. The third-order valence-corrected chi connectivity index (χ3v) is 2.74. The molecule has 6 nitrogen and oxygen atoms in total. The van der Waals surface area contributed by atoms with Gasteiger partial charge in [-0.1, -0.05) is 23.4 Å². The number of nitrogens with zero attached hydrogens (tertiary/aromatic N) is 5. The van der Waals surface area contributed by atoms with Crippen LogP contribution in [0.2, 0.25) is 0 Å². The van der Waals surface area contributed by atoms with Crippen molar-refractivity contribution in [2.24, 2.45) is 0 Å². The molecule has 3 aromatic rings. The Kier molecular flexibility index (Phi) is 2.22. The summed E-state index contributed by atoms with van der Waals surface area (Å²) in [5.41, 5.74) is 2.88. The lowest BCUT2D eigenvalue weighted by Gasteiger charge is -1.99. The van der Waals surface area contributed by atoms with Crippen molar-refractivity contribution in [1.82, 2.24) is 24.8 Å². The van der Waals surface area contributed by atoms with E-state index in [-0.39, 0.29) is 5.91 Å². The van der Waals surface area contributed by atoms with Crippen LogP contribution in [0, 0.1) is 6.92 Å². The zero-order chi connectivity index (χ0) is 12.7. The number of para-hydroxylation sites is 1. The molecule has 18 heavy (non-hydrogen) atoms.